The molecule has 0 unspecified atom stereocenters. The van der Waals surface area contributed by atoms with E-state index in [1.807, 2.05) is 0 Å². The largest absolute Gasteiger partial charge is 0.508 e. The van der Waals surface area contributed by atoms with Crippen molar-refractivity contribution < 1.29 is 24.1 Å². The summed E-state index contributed by atoms with van der Waals surface area (Å²) >= 11 is 0. The second-order valence-electron chi connectivity index (χ2n) is 3.14. The number of alkyl halides is 2. The quantitative estimate of drug-likeness (QED) is 0.610. The van der Waals surface area contributed by atoms with Gasteiger partial charge in [-0.3, -0.25) is 0 Å². The lowest BCUT2D eigenvalue weighted by molar-refractivity contribution is -0.0716. The number of aromatic hydroxyl groups is 2. The Balaban J connectivity index is 0.00000225. The predicted molar refractivity (Wildman–Crippen MR) is 56.0 cm³/mol. The van der Waals surface area contributed by atoms with Crippen LogP contribution in [-0.2, 0) is 0 Å². The van der Waals surface area contributed by atoms with Gasteiger partial charge in [-0.2, -0.15) is 0 Å². The van der Waals surface area contributed by atoms with Gasteiger partial charge < -0.3 is 21.1 Å². The summed E-state index contributed by atoms with van der Waals surface area (Å²) in [7, 11) is 0. The van der Waals surface area contributed by atoms with Crippen LogP contribution in [0, 0.1) is 0 Å². The lowest BCUT2D eigenvalue weighted by Gasteiger charge is -2.22. The van der Waals surface area contributed by atoms with Gasteiger partial charge in [0, 0.05) is 5.56 Å². The molecule has 0 bridgehead atoms. The maximum absolute atomic E-state index is 13.0. The fraction of sp³-hybridized carbons (Fsp3) is 0.333. The van der Waals surface area contributed by atoms with E-state index in [-0.39, 0.29) is 23.7 Å². The summed E-state index contributed by atoms with van der Waals surface area (Å²) in [5, 5.41) is 26.7. The molecule has 1 rings (SSSR count). The van der Waals surface area contributed by atoms with Crippen molar-refractivity contribution in [2.45, 2.75) is 12.0 Å². The van der Waals surface area contributed by atoms with Gasteiger partial charge in [-0.25, -0.2) is 8.78 Å². The number of hydrogen-bond acceptors (Lipinski definition) is 4. The van der Waals surface area contributed by atoms with E-state index >= 15 is 0 Å². The first kappa shape index (κ1) is 14.9. The van der Waals surface area contributed by atoms with Crippen LogP contribution in [0.5, 0.6) is 11.5 Å². The number of halogens is 3. The average molecular weight is 256 g/mol. The van der Waals surface area contributed by atoms with Crippen molar-refractivity contribution in [3.8, 4) is 11.5 Å². The smallest absolute Gasteiger partial charge is 0.289 e. The van der Waals surface area contributed by atoms with E-state index < -0.39 is 24.3 Å². The molecule has 0 aromatic heterocycles. The van der Waals surface area contributed by atoms with Gasteiger partial charge in [0.1, 0.15) is 24.1 Å². The lowest BCUT2D eigenvalue weighted by atomic mass is 10.0. The third-order valence-electron chi connectivity index (χ3n) is 2.01. The van der Waals surface area contributed by atoms with E-state index in [1.165, 1.54) is 0 Å². The monoisotopic (exact) mass is 255 g/mol. The summed E-state index contributed by atoms with van der Waals surface area (Å²) in [5.74, 6) is -4.29. The Kier molecular flexibility index (Phi) is 4.92. The average Bonchev–Trinajstić information content (AvgIpc) is 2.20. The molecule has 0 saturated carbocycles. The Morgan fingerprint density at radius 1 is 1.31 bits per heavy atom. The highest BCUT2D eigenvalue weighted by Crippen LogP contribution is 2.35. The molecule has 0 radical (unpaired) electrons. The first-order chi connectivity index (χ1) is 6.88. The molecule has 0 saturated heterocycles. The third kappa shape index (κ3) is 2.94. The SMILES string of the molecule is Cl.N[C@@H](c1cc(O)ccc1O)C(F)(F)CO. The fourth-order valence-corrected chi connectivity index (χ4v) is 1.12. The van der Waals surface area contributed by atoms with Gasteiger partial charge in [0.15, 0.2) is 0 Å². The molecule has 0 aliphatic rings. The van der Waals surface area contributed by atoms with Crippen molar-refractivity contribution in [2.24, 2.45) is 5.73 Å². The van der Waals surface area contributed by atoms with Gasteiger partial charge in [0.05, 0.1) is 0 Å². The summed E-state index contributed by atoms with van der Waals surface area (Å²) in [4.78, 5) is 0. The number of phenols is 2. The van der Waals surface area contributed by atoms with Crippen LogP contribution < -0.4 is 5.73 Å². The van der Waals surface area contributed by atoms with E-state index in [4.69, 9.17) is 15.9 Å². The predicted octanol–water partition coefficient (Wildman–Crippen LogP) is 1.15. The van der Waals surface area contributed by atoms with Gasteiger partial charge >= 0.3 is 0 Å². The summed E-state index contributed by atoms with van der Waals surface area (Å²) in [5.41, 5.74) is 4.86. The van der Waals surface area contributed by atoms with Crippen LogP contribution in [0.2, 0.25) is 0 Å². The van der Waals surface area contributed by atoms with Crippen molar-refractivity contribution in [2.75, 3.05) is 6.61 Å². The molecule has 0 aliphatic heterocycles. The minimum atomic E-state index is -3.55. The summed E-state index contributed by atoms with van der Waals surface area (Å²) < 4.78 is 26.0. The molecule has 0 fully saturated rings. The molecular formula is C9H12ClF2NO3. The number of rotatable bonds is 3. The molecule has 16 heavy (non-hydrogen) atoms. The molecule has 5 N–H and O–H groups in total. The van der Waals surface area contributed by atoms with E-state index in [0.29, 0.717) is 0 Å². The molecule has 0 amide bonds. The molecule has 1 atom stereocenters. The molecule has 1 aromatic rings. The highest BCUT2D eigenvalue weighted by molar-refractivity contribution is 5.85. The maximum atomic E-state index is 13.0. The van der Waals surface area contributed by atoms with Crippen molar-refractivity contribution in [3.63, 3.8) is 0 Å². The molecule has 92 valence electrons. The molecule has 4 nitrogen and oxygen atoms in total. The van der Waals surface area contributed by atoms with E-state index in [1.54, 1.807) is 0 Å². The number of benzene rings is 1. The zero-order chi connectivity index (χ0) is 11.6. The van der Waals surface area contributed by atoms with Crippen LogP contribution in [0.1, 0.15) is 11.6 Å². The van der Waals surface area contributed by atoms with Crippen molar-refractivity contribution >= 4 is 12.4 Å². The molecule has 0 spiro atoms. The molecular weight excluding hydrogens is 244 g/mol. The van der Waals surface area contributed by atoms with Gasteiger partial charge in [-0.05, 0) is 18.2 Å². The number of hydrogen-bond donors (Lipinski definition) is 4. The number of nitrogens with two attached hydrogens (primary N) is 1. The van der Waals surface area contributed by atoms with Crippen molar-refractivity contribution in [1.29, 1.82) is 0 Å². The minimum Gasteiger partial charge on any atom is -0.508 e. The van der Waals surface area contributed by atoms with E-state index in [0.717, 1.165) is 18.2 Å². The highest BCUT2D eigenvalue weighted by atomic mass is 35.5. The third-order valence-corrected chi connectivity index (χ3v) is 2.01. The van der Waals surface area contributed by atoms with Crippen molar-refractivity contribution in [3.05, 3.63) is 23.8 Å². The standard InChI is InChI=1S/C9H11F2NO3.ClH/c10-9(11,4-13)8(12)6-3-5(14)1-2-7(6)15;/h1-3,8,13-15H,4,12H2;1H/t8-;/m0./s1. The van der Waals surface area contributed by atoms with E-state index in [9.17, 15) is 13.9 Å². The maximum Gasteiger partial charge on any atom is 0.289 e. The second-order valence-corrected chi connectivity index (χ2v) is 3.14. The van der Waals surface area contributed by atoms with Crippen LogP contribution in [0.4, 0.5) is 8.78 Å². The summed E-state index contributed by atoms with van der Waals surface area (Å²) in [6, 6.07) is 1.26. The van der Waals surface area contributed by atoms with Gasteiger partial charge in [-0.1, -0.05) is 0 Å². The zero-order valence-corrected chi connectivity index (χ0v) is 8.92. The second kappa shape index (κ2) is 5.29. The normalized spacial score (nSPS) is 13.0. The van der Waals surface area contributed by atoms with Crippen LogP contribution in [0.15, 0.2) is 18.2 Å². The number of phenolic OH excluding ortho intramolecular Hbond substituents is 2. The van der Waals surface area contributed by atoms with Crippen molar-refractivity contribution in [1.82, 2.24) is 0 Å². The topological polar surface area (TPSA) is 86.7 Å². The first-order valence-electron chi connectivity index (χ1n) is 4.14. The summed E-state index contributed by atoms with van der Waals surface area (Å²) in [6.07, 6.45) is 0. The fourth-order valence-electron chi connectivity index (χ4n) is 1.12. The van der Waals surface area contributed by atoms with Gasteiger partial charge in [0.25, 0.3) is 5.92 Å². The molecule has 0 heterocycles. The minimum absolute atomic E-state index is 0. The number of aliphatic hydroxyl groups excluding tert-OH is 1. The Hall–Kier alpha value is -1.11. The number of aliphatic hydroxyl groups is 1. The van der Waals surface area contributed by atoms with Gasteiger partial charge in [0.2, 0.25) is 0 Å². The Morgan fingerprint density at radius 2 is 1.88 bits per heavy atom. The van der Waals surface area contributed by atoms with Crippen LogP contribution in [-0.4, -0.2) is 27.8 Å². The molecule has 7 heteroatoms. The molecule has 0 aliphatic carbocycles. The Morgan fingerprint density at radius 3 is 2.38 bits per heavy atom. The zero-order valence-electron chi connectivity index (χ0n) is 8.10. The van der Waals surface area contributed by atoms with E-state index in [2.05, 4.69) is 0 Å². The molecule has 1 aromatic carbocycles. The Labute approximate surface area is 96.7 Å². The summed E-state index contributed by atoms with van der Waals surface area (Å²) in [6.45, 7) is -1.43. The van der Waals surface area contributed by atoms with Gasteiger partial charge in [-0.15, -0.1) is 12.4 Å². The Bertz CT molecular complexity index is 363. The first-order valence-corrected chi connectivity index (χ1v) is 4.14. The van der Waals surface area contributed by atoms with Crippen LogP contribution in [0.3, 0.4) is 0 Å². The lowest BCUT2D eigenvalue weighted by Crippen LogP contribution is -2.36. The van der Waals surface area contributed by atoms with Crippen LogP contribution in [0.25, 0.3) is 0 Å². The highest BCUT2D eigenvalue weighted by Gasteiger charge is 2.38. The van der Waals surface area contributed by atoms with Crippen LogP contribution >= 0.6 is 12.4 Å².